The number of alkyl carbamates (subject to hydrolysis) is 1. The van der Waals surface area contributed by atoms with Crippen LogP contribution < -0.4 is 5.32 Å². The van der Waals surface area contributed by atoms with Crippen LogP contribution in [0.4, 0.5) is 4.79 Å². The molecule has 0 aromatic carbocycles. The second kappa shape index (κ2) is 5.25. The lowest BCUT2D eigenvalue weighted by atomic mass is 10.2. The normalized spacial score (nSPS) is 11.0. The molecule has 88 valence electrons. The van der Waals surface area contributed by atoms with E-state index in [4.69, 9.17) is 4.74 Å². The summed E-state index contributed by atoms with van der Waals surface area (Å²) in [4.78, 5) is 19.4. The molecule has 5 nitrogen and oxygen atoms in total. The van der Waals surface area contributed by atoms with E-state index in [1.807, 2.05) is 20.8 Å². The Morgan fingerprint density at radius 2 is 2.25 bits per heavy atom. The van der Waals surface area contributed by atoms with Gasteiger partial charge in [0.15, 0.2) is 0 Å². The summed E-state index contributed by atoms with van der Waals surface area (Å²) in [5.41, 5.74) is -0.498. The number of halogens is 1. The van der Waals surface area contributed by atoms with Gasteiger partial charge in [0, 0.05) is 6.20 Å². The highest BCUT2D eigenvalue weighted by atomic mass is 79.9. The maximum atomic E-state index is 11.3. The number of aromatic nitrogens is 2. The van der Waals surface area contributed by atoms with E-state index < -0.39 is 11.7 Å². The summed E-state index contributed by atoms with van der Waals surface area (Å²) in [6, 6.07) is 1.72. The lowest BCUT2D eigenvalue weighted by Gasteiger charge is -2.19. The van der Waals surface area contributed by atoms with E-state index in [0.29, 0.717) is 10.4 Å². The average molecular weight is 288 g/mol. The monoisotopic (exact) mass is 287 g/mol. The molecule has 0 bridgehead atoms. The number of nitrogens with one attached hydrogen (secondary N) is 1. The van der Waals surface area contributed by atoms with Crippen molar-refractivity contribution in [3.63, 3.8) is 0 Å². The zero-order chi connectivity index (χ0) is 12.2. The number of nitrogens with zero attached hydrogens (tertiary/aromatic N) is 2. The number of carbonyl (C=O) groups excluding carboxylic acids is 1. The average Bonchev–Trinajstić information content (AvgIpc) is 2.12. The maximum Gasteiger partial charge on any atom is 0.408 e. The third-order valence-electron chi connectivity index (χ3n) is 1.46. The summed E-state index contributed by atoms with van der Waals surface area (Å²) in [5, 5.41) is 2.58. The fraction of sp³-hybridized carbons (Fsp3) is 0.500. The molecular formula is C10H14BrN3O2. The summed E-state index contributed by atoms with van der Waals surface area (Å²) in [6.45, 7) is 5.67. The predicted octanol–water partition coefficient (Wildman–Crippen LogP) is 2.26. The zero-order valence-corrected chi connectivity index (χ0v) is 11.0. The zero-order valence-electron chi connectivity index (χ0n) is 9.45. The van der Waals surface area contributed by atoms with E-state index in [9.17, 15) is 4.79 Å². The van der Waals surface area contributed by atoms with E-state index in [0.717, 1.165) is 0 Å². The first-order valence-electron chi connectivity index (χ1n) is 4.81. The van der Waals surface area contributed by atoms with Gasteiger partial charge >= 0.3 is 6.09 Å². The molecule has 0 unspecified atom stereocenters. The van der Waals surface area contributed by atoms with Crippen LogP contribution in [0.1, 0.15) is 26.6 Å². The molecule has 0 atom stereocenters. The van der Waals surface area contributed by atoms with Crippen LogP contribution in [0, 0.1) is 0 Å². The van der Waals surface area contributed by atoms with Crippen molar-refractivity contribution in [3.8, 4) is 0 Å². The van der Waals surface area contributed by atoms with Crippen molar-refractivity contribution in [3.05, 3.63) is 22.7 Å². The van der Waals surface area contributed by atoms with E-state index in [-0.39, 0.29) is 6.54 Å². The van der Waals surface area contributed by atoms with Crippen LogP contribution in [0.5, 0.6) is 0 Å². The van der Waals surface area contributed by atoms with Gasteiger partial charge in [-0.05, 0) is 42.8 Å². The Labute approximate surface area is 103 Å². The Morgan fingerprint density at radius 1 is 1.56 bits per heavy atom. The molecule has 0 aliphatic carbocycles. The molecule has 1 amide bonds. The molecule has 0 radical (unpaired) electrons. The van der Waals surface area contributed by atoms with Crippen molar-refractivity contribution in [2.24, 2.45) is 0 Å². The van der Waals surface area contributed by atoms with Crippen molar-refractivity contribution in [2.75, 3.05) is 0 Å². The van der Waals surface area contributed by atoms with E-state index in [1.54, 1.807) is 12.3 Å². The van der Waals surface area contributed by atoms with Gasteiger partial charge in [0.25, 0.3) is 0 Å². The minimum absolute atomic E-state index is 0.244. The number of hydrogen-bond acceptors (Lipinski definition) is 4. The summed E-state index contributed by atoms with van der Waals surface area (Å²) in [7, 11) is 0. The number of rotatable bonds is 2. The lowest BCUT2D eigenvalue weighted by molar-refractivity contribution is 0.0522. The van der Waals surface area contributed by atoms with Gasteiger partial charge in [0.1, 0.15) is 16.0 Å². The van der Waals surface area contributed by atoms with Crippen LogP contribution in [0.3, 0.4) is 0 Å². The number of amides is 1. The topological polar surface area (TPSA) is 64.1 Å². The molecular weight excluding hydrogens is 274 g/mol. The van der Waals surface area contributed by atoms with Crippen molar-refractivity contribution in [1.29, 1.82) is 0 Å². The number of carbonyl (C=O) groups is 1. The van der Waals surface area contributed by atoms with Gasteiger partial charge in [0.2, 0.25) is 0 Å². The summed E-state index contributed by atoms with van der Waals surface area (Å²) in [6.07, 6.45) is 1.14. The minimum atomic E-state index is -0.498. The van der Waals surface area contributed by atoms with Gasteiger partial charge in [-0.2, -0.15) is 0 Å². The van der Waals surface area contributed by atoms with Gasteiger partial charge in [-0.25, -0.2) is 14.8 Å². The summed E-state index contributed by atoms with van der Waals surface area (Å²) < 4.78 is 5.76. The molecule has 0 spiro atoms. The Balaban J connectivity index is 2.43. The largest absolute Gasteiger partial charge is 0.444 e. The number of ether oxygens (including phenoxy) is 1. The van der Waals surface area contributed by atoms with E-state index in [1.165, 1.54) is 0 Å². The molecule has 1 heterocycles. The molecule has 16 heavy (non-hydrogen) atoms. The standard InChI is InChI=1S/C10H14BrN3O2/c1-10(2,3)16-9(15)13-6-8-12-5-4-7(11)14-8/h4-5H,6H2,1-3H3,(H,13,15). The predicted molar refractivity (Wildman–Crippen MR) is 62.8 cm³/mol. The second-order valence-corrected chi connectivity index (χ2v) is 4.96. The lowest BCUT2D eigenvalue weighted by Crippen LogP contribution is -2.32. The molecule has 0 fully saturated rings. The van der Waals surface area contributed by atoms with Gasteiger partial charge in [0.05, 0.1) is 6.54 Å². The highest BCUT2D eigenvalue weighted by Crippen LogP contribution is 2.07. The second-order valence-electron chi connectivity index (χ2n) is 4.15. The molecule has 0 saturated carbocycles. The number of hydrogen-bond donors (Lipinski definition) is 1. The van der Waals surface area contributed by atoms with Crippen molar-refractivity contribution >= 4 is 22.0 Å². The minimum Gasteiger partial charge on any atom is -0.444 e. The van der Waals surface area contributed by atoms with Gasteiger partial charge < -0.3 is 10.1 Å². The van der Waals surface area contributed by atoms with Gasteiger partial charge in [-0.3, -0.25) is 0 Å². The SMILES string of the molecule is CC(C)(C)OC(=O)NCc1nccc(Br)n1. The Kier molecular flexibility index (Phi) is 4.23. The van der Waals surface area contributed by atoms with Gasteiger partial charge in [-0.1, -0.05) is 0 Å². The first-order valence-corrected chi connectivity index (χ1v) is 5.60. The smallest absolute Gasteiger partial charge is 0.408 e. The fourth-order valence-corrected chi connectivity index (χ4v) is 1.25. The quantitative estimate of drug-likeness (QED) is 0.848. The van der Waals surface area contributed by atoms with Crippen molar-refractivity contribution < 1.29 is 9.53 Å². The van der Waals surface area contributed by atoms with E-state index >= 15 is 0 Å². The van der Waals surface area contributed by atoms with E-state index in [2.05, 4.69) is 31.2 Å². The highest BCUT2D eigenvalue weighted by molar-refractivity contribution is 9.10. The van der Waals surface area contributed by atoms with Crippen molar-refractivity contribution in [2.45, 2.75) is 32.9 Å². The van der Waals surface area contributed by atoms with Crippen LogP contribution in [-0.2, 0) is 11.3 Å². The Bertz CT molecular complexity index is 377. The first-order chi connectivity index (χ1) is 7.37. The summed E-state index contributed by atoms with van der Waals surface area (Å²) in [5.74, 6) is 0.528. The molecule has 0 aliphatic heterocycles. The van der Waals surface area contributed by atoms with Crippen LogP contribution in [0.25, 0.3) is 0 Å². The van der Waals surface area contributed by atoms with Crippen molar-refractivity contribution in [1.82, 2.24) is 15.3 Å². The van der Waals surface area contributed by atoms with Crippen LogP contribution in [-0.4, -0.2) is 21.7 Å². The molecule has 6 heteroatoms. The third kappa shape index (κ3) is 5.06. The molecule has 1 N–H and O–H groups in total. The van der Waals surface area contributed by atoms with Crippen LogP contribution in [0.15, 0.2) is 16.9 Å². The molecule has 0 saturated heterocycles. The Hall–Kier alpha value is -1.17. The Morgan fingerprint density at radius 3 is 2.81 bits per heavy atom. The maximum absolute atomic E-state index is 11.3. The third-order valence-corrected chi connectivity index (χ3v) is 1.90. The first kappa shape index (κ1) is 12.9. The van der Waals surface area contributed by atoms with Crippen LogP contribution in [0.2, 0.25) is 0 Å². The highest BCUT2D eigenvalue weighted by Gasteiger charge is 2.15. The fourth-order valence-electron chi connectivity index (χ4n) is 0.925. The van der Waals surface area contributed by atoms with Crippen LogP contribution >= 0.6 is 15.9 Å². The molecule has 1 aromatic rings. The molecule has 1 rings (SSSR count). The summed E-state index contributed by atoms with van der Waals surface area (Å²) >= 11 is 3.22. The molecule has 1 aromatic heterocycles. The van der Waals surface area contributed by atoms with Gasteiger partial charge in [-0.15, -0.1) is 0 Å². The molecule has 0 aliphatic rings.